The molecule has 0 saturated heterocycles. The second-order valence-corrected chi connectivity index (χ2v) is 5.28. The average Bonchev–Trinajstić information content (AvgIpc) is 2.95. The zero-order valence-corrected chi connectivity index (χ0v) is 12.5. The number of fused-ring (bicyclic) bond motifs is 1. The number of para-hydroxylation sites is 1. The molecular formula is C18H14N4O. The molecule has 0 atom stereocenters. The van der Waals surface area contributed by atoms with Crippen LogP contribution in [0, 0.1) is 6.92 Å². The van der Waals surface area contributed by atoms with Gasteiger partial charge in [0.1, 0.15) is 11.6 Å². The summed E-state index contributed by atoms with van der Waals surface area (Å²) in [5, 5.41) is 14.6. The molecule has 1 N–H and O–H groups in total. The Hall–Kier alpha value is -3.21. The summed E-state index contributed by atoms with van der Waals surface area (Å²) < 4.78 is 1.66. The fraction of sp³-hybridized carbons (Fsp3) is 0.0556. The summed E-state index contributed by atoms with van der Waals surface area (Å²) in [7, 11) is 0. The molecule has 0 amide bonds. The number of phenols is 1. The lowest BCUT2D eigenvalue weighted by molar-refractivity contribution is 0.477. The van der Waals surface area contributed by atoms with Crippen molar-refractivity contribution >= 4 is 5.78 Å². The van der Waals surface area contributed by atoms with E-state index < -0.39 is 0 Å². The van der Waals surface area contributed by atoms with Gasteiger partial charge in [-0.05, 0) is 25.1 Å². The topological polar surface area (TPSA) is 63.3 Å². The van der Waals surface area contributed by atoms with Crippen molar-refractivity contribution in [2.45, 2.75) is 6.92 Å². The smallest absolute Gasteiger partial charge is 0.253 e. The molecule has 0 spiro atoms. The van der Waals surface area contributed by atoms with Crippen molar-refractivity contribution < 1.29 is 5.11 Å². The zero-order chi connectivity index (χ0) is 15.8. The van der Waals surface area contributed by atoms with Crippen LogP contribution in [0.15, 0.2) is 60.7 Å². The lowest BCUT2D eigenvalue weighted by Crippen LogP contribution is -1.99. The third-order valence-corrected chi connectivity index (χ3v) is 3.67. The van der Waals surface area contributed by atoms with Crippen LogP contribution in [0.2, 0.25) is 0 Å². The second-order valence-electron chi connectivity index (χ2n) is 5.28. The van der Waals surface area contributed by atoms with E-state index in [0.717, 1.165) is 17.0 Å². The van der Waals surface area contributed by atoms with Gasteiger partial charge in [0, 0.05) is 11.1 Å². The molecule has 0 aliphatic heterocycles. The van der Waals surface area contributed by atoms with E-state index in [-0.39, 0.29) is 5.75 Å². The van der Waals surface area contributed by atoms with Gasteiger partial charge in [0.15, 0.2) is 0 Å². The summed E-state index contributed by atoms with van der Waals surface area (Å²) in [5.41, 5.74) is 3.24. The predicted molar refractivity (Wildman–Crippen MR) is 88.1 cm³/mol. The second kappa shape index (κ2) is 5.21. The first-order valence-electron chi connectivity index (χ1n) is 7.30. The molecule has 0 aliphatic carbocycles. The van der Waals surface area contributed by atoms with Gasteiger partial charge in [-0.1, -0.05) is 42.5 Å². The molecule has 4 rings (SSSR count). The Balaban J connectivity index is 2.04. The van der Waals surface area contributed by atoms with Crippen LogP contribution in [0.1, 0.15) is 5.82 Å². The van der Waals surface area contributed by atoms with Crippen molar-refractivity contribution in [1.29, 1.82) is 0 Å². The summed E-state index contributed by atoms with van der Waals surface area (Å²) in [6.45, 7) is 1.82. The molecule has 4 aromatic rings. The molecule has 0 bridgehead atoms. The molecule has 2 aromatic heterocycles. The maximum Gasteiger partial charge on any atom is 0.253 e. The molecular weight excluding hydrogens is 288 g/mol. The molecule has 0 unspecified atom stereocenters. The first kappa shape index (κ1) is 13.5. The maximum absolute atomic E-state index is 10.2. The molecule has 2 heterocycles. The predicted octanol–water partition coefficient (Wildman–Crippen LogP) is 3.47. The molecule has 0 aliphatic rings. The SMILES string of the molecule is Cc1nc2nc(-c3ccccc3)cc(-c3ccccc3O)n2n1. The number of hydrogen-bond acceptors (Lipinski definition) is 4. The van der Waals surface area contributed by atoms with Crippen LogP contribution in [0.3, 0.4) is 0 Å². The summed E-state index contributed by atoms with van der Waals surface area (Å²) >= 11 is 0. The number of aromatic hydroxyl groups is 1. The summed E-state index contributed by atoms with van der Waals surface area (Å²) in [6.07, 6.45) is 0. The number of benzene rings is 2. The largest absolute Gasteiger partial charge is 0.507 e. The zero-order valence-electron chi connectivity index (χ0n) is 12.5. The van der Waals surface area contributed by atoms with Gasteiger partial charge in [0.05, 0.1) is 11.4 Å². The highest BCUT2D eigenvalue weighted by atomic mass is 16.3. The highest BCUT2D eigenvalue weighted by Crippen LogP contribution is 2.31. The number of phenolic OH excluding ortho intramolecular Hbond substituents is 1. The van der Waals surface area contributed by atoms with Gasteiger partial charge < -0.3 is 5.11 Å². The standard InChI is InChI=1S/C18H14N4O/c1-12-19-18-20-15(13-7-3-2-4-8-13)11-16(22(18)21-12)14-9-5-6-10-17(14)23/h2-11,23H,1H3. The minimum Gasteiger partial charge on any atom is -0.507 e. The van der Waals surface area contributed by atoms with E-state index in [9.17, 15) is 5.11 Å². The van der Waals surface area contributed by atoms with Gasteiger partial charge in [0.2, 0.25) is 0 Å². The Bertz CT molecular complexity index is 993. The van der Waals surface area contributed by atoms with Crippen molar-refractivity contribution in [3.05, 3.63) is 66.5 Å². The van der Waals surface area contributed by atoms with E-state index in [0.29, 0.717) is 17.2 Å². The Morgan fingerprint density at radius 2 is 1.65 bits per heavy atom. The molecule has 0 saturated carbocycles. The van der Waals surface area contributed by atoms with Gasteiger partial charge >= 0.3 is 0 Å². The van der Waals surface area contributed by atoms with E-state index in [4.69, 9.17) is 0 Å². The molecule has 0 radical (unpaired) electrons. The maximum atomic E-state index is 10.2. The molecule has 5 nitrogen and oxygen atoms in total. The minimum atomic E-state index is 0.201. The van der Waals surface area contributed by atoms with Gasteiger partial charge in [-0.15, -0.1) is 5.10 Å². The third kappa shape index (κ3) is 2.32. The number of aryl methyl sites for hydroxylation is 1. The Labute approximate surface area is 132 Å². The molecule has 2 aromatic carbocycles. The van der Waals surface area contributed by atoms with Crippen LogP contribution >= 0.6 is 0 Å². The normalized spacial score (nSPS) is 11.0. The van der Waals surface area contributed by atoms with Gasteiger partial charge in [0.25, 0.3) is 5.78 Å². The summed E-state index contributed by atoms with van der Waals surface area (Å²) in [5.74, 6) is 1.36. The molecule has 5 heteroatoms. The Morgan fingerprint density at radius 1 is 0.913 bits per heavy atom. The van der Waals surface area contributed by atoms with Crippen molar-refractivity contribution in [1.82, 2.24) is 19.6 Å². The Morgan fingerprint density at radius 3 is 2.43 bits per heavy atom. The van der Waals surface area contributed by atoms with Crippen molar-refractivity contribution in [2.24, 2.45) is 0 Å². The van der Waals surface area contributed by atoms with Gasteiger partial charge in [-0.2, -0.15) is 9.50 Å². The Kier molecular flexibility index (Phi) is 3.05. The van der Waals surface area contributed by atoms with E-state index in [1.807, 2.05) is 55.5 Å². The summed E-state index contributed by atoms with van der Waals surface area (Å²) in [4.78, 5) is 8.96. The quantitative estimate of drug-likeness (QED) is 0.616. The number of nitrogens with zero attached hydrogens (tertiary/aromatic N) is 4. The summed E-state index contributed by atoms with van der Waals surface area (Å²) in [6, 6.07) is 19.0. The van der Waals surface area contributed by atoms with E-state index in [2.05, 4.69) is 15.1 Å². The first-order chi connectivity index (χ1) is 11.2. The average molecular weight is 302 g/mol. The van der Waals surface area contributed by atoms with Crippen LogP contribution < -0.4 is 0 Å². The van der Waals surface area contributed by atoms with Crippen LogP contribution in [0.25, 0.3) is 28.3 Å². The molecule has 23 heavy (non-hydrogen) atoms. The number of aromatic nitrogens is 4. The lowest BCUT2D eigenvalue weighted by atomic mass is 10.1. The lowest BCUT2D eigenvalue weighted by Gasteiger charge is -2.09. The van der Waals surface area contributed by atoms with Crippen molar-refractivity contribution in [3.63, 3.8) is 0 Å². The van der Waals surface area contributed by atoms with Gasteiger partial charge in [-0.25, -0.2) is 4.98 Å². The van der Waals surface area contributed by atoms with Crippen molar-refractivity contribution in [3.8, 4) is 28.3 Å². The highest BCUT2D eigenvalue weighted by molar-refractivity contribution is 5.73. The van der Waals surface area contributed by atoms with E-state index in [1.165, 1.54) is 0 Å². The fourth-order valence-electron chi connectivity index (χ4n) is 2.61. The molecule has 112 valence electrons. The fourth-order valence-corrected chi connectivity index (χ4v) is 2.61. The van der Waals surface area contributed by atoms with E-state index in [1.54, 1.807) is 16.6 Å². The number of hydrogen-bond donors (Lipinski definition) is 1. The van der Waals surface area contributed by atoms with Crippen LogP contribution in [-0.2, 0) is 0 Å². The van der Waals surface area contributed by atoms with Gasteiger partial charge in [-0.3, -0.25) is 0 Å². The van der Waals surface area contributed by atoms with E-state index >= 15 is 0 Å². The monoisotopic (exact) mass is 302 g/mol. The van der Waals surface area contributed by atoms with Crippen LogP contribution in [-0.4, -0.2) is 24.7 Å². The number of rotatable bonds is 2. The van der Waals surface area contributed by atoms with Crippen LogP contribution in [0.4, 0.5) is 0 Å². The van der Waals surface area contributed by atoms with Crippen LogP contribution in [0.5, 0.6) is 5.75 Å². The molecule has 0 fully saturated rings. The minimum absolute atomic E-state index is 0.201. The van der Waals surface area contributed by atoms with Crippen molar-refractivity contribution in [2.75, 3.05) is 0 Å². The third-order valence-electron chi connectivity index (χ3n) is 3.67. The first-order valence-corrected chi connectivity index (χ1v) is 7.30. The highest BCUT2D eigenvalue weighted by Gasteiger charge is 2.14.